The van der Waals surface area contributed by atoms with Crippen LogP contribution in [0.3, 0.4) is 0 Å². The quantitative estimate of drug-likeness (QED) is 0.797. The average molecular weight is 287 g/mol. The fourth-order valence-electron chi connectivity index (χ4n) is 2.57. The van der Waals surface area contributed by atoms with E-state index in [9.17, 15) is 9.59 Å². The summed E-state index contributed by atoms with van der Waals surface area (Å²) >= 11 is 1.49. The van der Waals surface area contributed by atoms with E-state index in [0.717, 1.165) is 32.5 Å². The predicted octanol–water partition coefficient (Wildman–Crippen LogP) is 0.640. The summed E-state index contributed by atoms with van der Waals surface area (Å²) in [7, 11) is 0. The topological polar surface area (TPSA) is 72.9 Å². The first kappa shape index (κ1) is 14.5. The number of likely N-dealkylation sites (N-methyl/N-ethyl adjacent to an activating group) is 1. The minimum Gasteiger partial charge on any atom is -0.480 e. The number of thioether (sulfide) groups is 1. The minimum atomic E-state index is -0.918. The van der Waals surface area contributed by atoms with E-state index in [1.807, 2.05) is 0 Å². The molecule has 6 nitrogen and oxygen atoms in total. The highest BCUT2D eigenvalue weighted by molar-refractivity contribution is 7.99. The Morgan fingerprint density at radius 1 is 1.47 bits per heavy atom. The number of carboxylic acid groups (broad SMARTS) is 1. The van der Waals surface area contributed by atoms with Crippen molar-refractivity contribution >= 4 is 23.8 Å². The Morgan fingerprint density at radius 3 is 2.95 bits per heavy atom. The number of carbonyl (C=O) groups is 2. The highest BCUT2D eigenvalue weighted by Crippen LogP contribution is 2.21. The molecule has 0 aliphatic carbocycles. The van der Waals surface area contributed by atoms with Crippen LogP contribution in [-0.2, 0) is 4.79 Å². The third-order valence-corrected chi connectivity index (χ3v) is 4.72. The van der Waals surface area contributed by atoms with Crippen molar-refractivity contribution in [3.05, 3.63) is 0 Å². The van der Waals surface area contributed by atoms with E-state index in [-0.39, 0.29) is 12.1 Å². The minimum absolute atomic E-state index is 0.140. The number of carbonyl (C=O) groups excluding carboxylic acids is 1. The number of carboxylic acids is 1. The van der Waals surface area contributed by atoms with Gasteiger partial charge in [0, 0.05) is 18.3 Å². The molecule has 1 unspecified atom stereocenters. The first-order chi connectivity index (χ1) is 9.11. The second-order valence-corrected chi connectivity index (χ2v) is 6.01. The predicted molar refractivity (Wildman–Crippen MR) is 74.3 cm³/mol. The Labute approximate surface area is 117 Å². The van der Waals surface area contributed by atoms with E-state index in [4.69, 9.17) is 5.11 Å². The van der Waals surface area contributed by atoms with Gasteiger partial charge in [0.1, 0.15) is 6.04 Å². The van der Waals surface area contributed by atoms with Crippen molar-refractivity contribution < 1.29 is 14.7 Å². The maximum absolute atomic E-state index is 12.1. The van der Waals surface area contributed by atoms with Gasteiger partial charge < -0.3 is 20.2 Å². The van der Waals surface area contributed by atoms with Crippen LogP contribution in [-0.4, -0.2) is 70.3 Å². The molecule has 2 fully saturated rings. The summed E-state index contributed by atoms with van der Waals surface area (Å²) in [5.41, 5.74) is 0. The summed E-state index contributed by atoms with van der Waals surface area (Å²) in [4.78, 5) is 26.9. The molecule has 0 aromatic heterocycles. The third-order valence-electron chi connectivity index (χ3n) is 3.71. The molecule has 0 radical (unpaired) electrons. The number of nitrogens with zero attached hydrogens (tertiary/aromatic N) is 2. The van der Waals surface area contributed by atoms with Gasteiger partial charge in [-0.3, -0.25) is 0 Å². The highest BCUT2D eigenvalue weighted by atomic mass is 32.2. The van der Waals surface area contributed by atoms with Gasteiger partial charge in [0.15, 0.2) is 0 Å². The molecule has 2 aliphatic rings. The van der Waals surface area contributed by atoms with Crippen LogP contribution in [0.15, 0.2) is 0 Å². The summed E-state index contributed by atoms with van der Waals surface area (Å²) in [5, 5.41) is 12.1. The summed E-state index contributed by atoms with van der Waals surface area (Å²) in [6.07, 6.45) is 2.05. The van der Waals surface area contributed by atoms with E-state index in [1.54, 1.807) is 0 Å². The number of hydrogen-bond donors (Lipinski definition) is 2. The van der Waals surface area contributed by atoms with Gasteiger partial charge in [0.05, 0.1) is 5.88 Å². The molecule has 19 heavy (non-hydrogen) atoms. The Kier molecular flexibility index (Phi) is 4.93. The molecule has 0 spiro atoms. The lowest BCUT2D eigenvalue weighted by Crippen LogP contribution is -2.53. The highest BCUT2D eigenvalue weighted by Gasteiger charge is 2.35. The number of piperidine rings is 1. The van der Waals surface area contributed by atoms with Crippen molar-refractivity contribution in [2.45, 2.75) is 31.8 Å². The molecule has 2 atom stereocenters. The van der Waals surface area contributed by atoms with Crippen molar-refractivity contribution in [1.29, 1.82) is 0 Å². The van der Waals surface area contributed by atoms with Crippen LogP contribution in [0.5, 0.6) is 0 Å². The smallest absolute Gasteiger partial charge is 0.327 e. The molecule has 0 aromatic rings. The fraction of sp³-hybridized carbons (Fsp3) is 0.833. The maximum atomic E-state index is 12.1. The van der Waals surface area contributed by atoms with Gasteiger partial charge in [-0.1, -0.05) is 6.92 Å². The Balaban J connectivity index is 1.88. The molecule has 0 saturated carbocycles. The number of nitrogens with one attached hydrogen (secondary N) is 1. The summed E-state index contributed by atoms with van der Waals surface area (Å²) in [6.45, 7) is 5.05. The van der Waals surface area contributed by atoms with Crippen LogP contribution in [0, 0.1) is 0 Å². The zero-order chi connectivity index (χ0) is 13.8. The molecule has 2 heterocycles. The molecule has 0 aromatic carbocycles. The second-order valence-electron chi connectivity index (χ2n) is 5.01. The largest absolute Gasteiger partial charge is 0.480 e. The number of rotatable bonds is 3. The maximum Gasteiger partial charge on any atom is 0.327 e. The molecule has 2 N–H and O–H groups in total. The van der Waals surface area contributed by atoms with E-state index >= 15 is 0 Å². The molecule has 2 aliphatic heterocycles. The molecule has 2 rings (SSSR count). The van der Waals surface area contributed by atoms with E-state index < -0.39 is 12.0 Å². The summed E-state index contributed by atoms with van der Waals surface area (Å²) in [6, 6.07) is -0.780. The molecule has 7 heteroatoms. The monoisotopic (exact) mass is 287 g/mol. The van der Waals surface area contributed by atoms with E-state index in [2.05, 4.69) is 17.1 Å². The Hall–Kier alpha value is -0.950. The van der Waals surface area contributed by atoms with Crippen LogP contribution in [0.2, 0.25) is 0 Å². The van der Waals surface area contributed by atoms with Gasteiger partial charge >= 0.3 is 12.0 Å². The zero-order valence-electron chi connectivity index (χ0n) is 11.2. The average Bonchev–Trinajstić information content (AvgIpc) is 2.88. The fourth-order valence-corrected chi connectivity index (χ4v) is 3.71. The van der Waals surface area contributed by atoms with Crippen molar-refractivity contribution in [3.63, 3.8) is 0 Å². The molecule has 2 saturated heterocycles. The lowest BCUT2D eigenvalue weighted by atomic mass is 10.1. The van der Waals surface area contributed by atoms with Gasteiger partial charge in [-0.15, -0.1) is 11.8 Å². The summed E-state index contributed by atoms with van der Waals surface area (Å²) in [5.74, 6) is 0.0283. The SMILES string of the molecule is CCN1CCCC(NC(=O)N2CSC[C@H]2C(=O)O)C1. The number of likely N-dealkylation sites (tertiary alicyclic amines) is 1. The van der Waals surface area contributed by atoms with Crippen molar-refractivity contribution in [3.8, 4) is 0 Å². The third kappa shape index (κ3) is 3.54. The molecule has 2 amide bonds. The molecule has 0 bridgehead atoms. The van der Waals surface area contributed by atoms with Crippen LogP contribution >= 0.6 is 11.8 Å². The van der Waals surface area contributed by atoms with Crippen LogP contribution < -0.4 is 5.32 Å². The zero-order valence-corrected chi connectivity index (χ0v) is 12.0. The lowest BCUT2D eigenvalue weighted by molar-refractivity contribution is -0.140. The van der Waals surface area contributed by atoms with Gasteiger partial charge in [-0.2, -0.15) is 0 Å². The summed E-state index contributed by atoms with van der Waals surface area (Å²) < 4.78 is 0. The Morgan fingerprint density at radius 2 is 2.26 bits per heavy atom. The Bertz CT molecular complexity index is 353. The number of amides is 2. The van der Waals surface area contributed by atoms with Gasteiger partial charge in [0.2, 0.25) is 0 Å². The molecular weight excluding hydrogens is 266 g/mol. The lowest BCUT2D eigenvalue weighted by Gasteiger charge is -2.33. The van der Waals surface area contributed by atoms with Crippen molar-refractivity contribution in [2.75, 3.05) is 31.3 Å². The molecular formula is C12H21N3O3S. The first-order valence-corrected chi connectivity index (χ1v) is 7.87. The molecule has 108 valence electrons. The van der Waals surface area contributed by atoms with Crippen LogP contribution in [0.25, 0.3) is 0 Å². The van der Waals surface area contributed by atoms with Gasteiger partial charge in [-0.25, -0.2) is 9.59 Å². The van der Waals surface area contributed by atoms with Crippen molar-refractivity contribution in [2.24, 2.45) is 0 Å². The standard InChI is InChI=1S/C12H21N3O3S/c1-2-14-5-3-4-9(6-14)13-12(18)15-8-19-7-10(15)11(16)17/h9-10H,2-8H2,1H3,(H,13,18)(H,16,17)/t9?,10-/m0/s1. The number of hydrogen-bond acceptors (Lipinski definition) is 4. The van der Waals surface area contributed by atoms with E-state index in [1.165, 1.54) is 16.7 Å². The second kappa shape index (κ2) is 6.47. The number of urea groups is 1. The first-order valence-electron chi connectivity index (χ1n) is 6.72. The van der Waals surface area contributed by atoms with Gasteiger partial charge in [-0.05, 0) is 25.9 Å². The normalized spacial score (nSPS) is 28.4. The van der Waals surface area contributed by atoms with Crippen LogP contribution in [0.1, 0.15) is 19.8 Å². The number of aliphatic carboxylic acids is 1. The van der Waals surface area contributed by atoms with E-state index in [0.29, 0.717) is 11.6 Å². The van der Waals surface area contributed by atoms with Crippen LogP contribution in [0.4, 0.5) is 4.79 Å². The van der Waals surface area contributed by atoms with Crippen molar-refractivity contribution in [1.82, 2.24) is 15.1 Å². The van der Waals surface area contributed by atoms with Gasteiger partial charge in [0.25, 0.3) is 0 Å².